The fourth-order valence-corrected chi connectivity index (χ4v) is 2.93. The molecule has 0 bridgehead atoms. The highest BCUT2D eigenvalue weighted by molar-refractivity contribution is 7.85. The number of aryl methyl sites for hydroxylation is 1. The number of carbonyl (C=O) groups excluding carboxylic acids is 1. The van der Waals surface area contributed by atoms with Crippen LogP contribution in [0.15, 0.2) is 42.5 Å². The number of hydrogen-bond acceptors (Lipinski definition) is 6. The molecule has 0 unspecified atom stereocenters. The van der Waals surface area contributed by atoms with E-state index in [2.05, 4.69) is 11.2 Å². The third-order valence-corrected chi connectivity index (χ3v) is 4.68. The van der Waals surface area contributed by atoms with Crippen LogP contribution in [-0.4, -0.2) is 34.3 Å². The van der Waals surface area contributed by atoms with Gasteiger partial charge in [-0.2, -0.15) is 8.42 Å². The summed E-state index contributed by atoms with van der Waals surface area (Å²) in [5, 5.41) is 2.87. The second kappa shape index (κ2) is 11.2. The second-order valence-electron chi connectivity index (χ2n) is 6.54. The minimum atomic E-state index is -3.47. The minimum absolute atomic E-state index is 0.0124. The average molecular weight is 432 g/mol. The highest BCUT2D eigenvalue weighted by Crippen LogP contribution is 2.28. The van der Waals surface area contributed by atoms with Crippen molar-refractivity contribution in [1.29, 1.82) is 0 Å². The van der Waals surface area contributed by atoms with Crippen LogP contribution in [0.4, 0.5) is 0 Å². The summed E-state index contributed by atoms with van der Waals surface area (Å²) in [4.78, 5) is 12.2. The Labute approximate surface area is 177 Å². The van der Waals surface area contributed by atoms with Crippen molar-refractivity contribution < 1.29 is 26.9 Å². The third kappa shape index (κ3) is 8.15. The van der Waals surface area contributed by atoms with Gasteiger partial charge in [-0.3, -0.25) is 8.98 Å². The molecule has 0 atom stereocenters. The van der Waals surface area contributed by atoms with E-state index in [1.807, 2.05) is 24.3 Å². The Balaban J connectivity index is 1.80. The maximum absolute atomic E-state index is 12.2. The number of benzene rings is 2. The van der Waals surface area contributed by atoms with E-state index in [9.17, 15) is 13.2 Å². The zero-order valence-electron chi connectivity index (χ0n) is 17.0. The molecule has 0 aromatic heterocycles. The Bertz CT molecular complexity index is 993. The van der Waals surface area contributed by atoms with Crippen LogP contribution in [-0.2, 0) is 38.7 Å². The first-order valence-electron chi connectivity index (χ1n) is 9.23. The third-order valence-electron chi connectivity index (χ3n) is 4.13. The van der Waals surface area contributed by atoms with Gasteiger partial charge in [0.2, 0.25) is 5.91 Å². The Kier molecular flexibility index (Phi) is 8.71. The summed E-state index contributed by atoms with van der Waals surface area (Å²) < 4.78 is 37.5. The van der Waals surface area contributed by atoms with E-state index >= 15 is 0 Å². The van der Waals surface area contributed by atoms with Crippen molar-refractivity contribution in [3.63, 3.8) is 0 Å². The maximum atomic E-state index is 12.2. The standard InChI is InChI=1S/C22H25NO6S/c1-4-13-28-20-11-9-17(14-21(20)27-2)10-12-22(24)23-15-18-5-7-19(8-6-18)16-29-30(3,25)26/h1,5-9,11,14H,10,12-13,15-16H2,2-3H3,(H,23,24). The van der Waals surface area contributed by atoms with Gasteiger partial charge < -0.3 is 14.8 Å². The van der Waals surface area contributed by atoms with E-state index in [0.717, 1.165) is 22.9 Å². The van der Waals surface area contributed by atoms with Crippen LogP contribution in [0.2, 0.25) is 0 Å². The lowest BCUT2D eigenvalue weighted by atomic mass is 10.1. The van der Waals surface area contributed by atoms with Gasteiger partial charge in [0.1, 0.15) is 6.61 Å². The number of rotatable bonds is 11. The van der Waals surface area contributed by atoms with E-state index in [1.165, 1.54) is 0 Å². The van der Waals surface area contributed by atoms with Crippen LogP contribution < -0.4 is 14.8 Å². The van der Waals surface area contributed by atoms with E-state index < -0.39 is 10.1 Å². The molecule has 2 aromatic rings. The average Bonchev–Trinajstić information content (AvgIpc) is 2.73. The van der Waals surface area contributed by atoms with Gasteiger partial charge in [0.15, 0.2) is 11.5 Å². The normalized spacial score (nSPS) is 10.8. The molecule has 8 heteroatoms. The van der Waals surface area contributed by atoms with Crippen LogP contribution in [0.3, 0.4) is 0 Å². The topological polar surface area (TPSA) is 90.9 Å². The maximum Gasteiger partial charge on any atom is 0.264 e. The summed E-state index contributed by atoms with van der Waals surface area (Å²) in [6, 6.07) is 12.7. The number of amides is 1. The lowest BCUT2D eigenvalue weighted by Crippen LogP contribution is -2.23. The molecule has 1 N–H and O–H groups in total. The van der Waals surface area contributed by atoms with Crippen LogP contribution in [0.25, 0.3) is 0 Å². The SMILES string of the molecule is C#CCOc1ccc(CCC(=O)NCc2ccc(COS(C)(=O)=O)cc2)cc1OC. The second-order valence-corrected chi connectivity index (χ2v) is 8.18. The summed E-state index contributed by atoms with van der Waals surface area (Å²) in [6.07, 6.45) is 7.09. The predicted molar refractivity (Wildman–Crippen MR) is 114 cm³/mol. The van der Waals surface area contributed by atoms with Gasteiger partial charge in [0, 0.05) is 13.0 Å². The van der Waals surface area contributed by atoms with Crippen molar-refractivity contribution in [2.24, 2.45) is 0 Å². The van der Waals surface area contributed by atoms with Crippen molar-refractivity contribution in [2.45, 2.75) is 26.0 Å². The number of terminal acetylenes is 1. The van der Waals surface area contributed by atoms with E-state index in [4.69, 9.17) is 20.1 Å². The Morgan fingerprint density at radius 3 is 2.37 bits per heavy atom. The quantitative estimate of drug-likeness (QED) is 0.434. The molecule has 0 spiro atoms. The van der Waals surface area contributed by atoms with Crippen LogP contribution in [0, 0.1) is 12.3 Å². The van der Waals surface area contributed by atoms with Gasteiger partial charge in [-0.1, -0.05) is 36.3 Å². The molecule has 0 saturated carbocycles. The lowest BCUT2D eigenvalue weighted by molar-refractivity contribution is -0.121. The smallest absolute Gasteiger partial charge is 0.264 e. The van der Waals surface area contributed by atoms with Crippen LogP contribution >= 0.6 is 0 Å². The molecule has 2 aromatic carbocycles. The van der Waals surface area contributed by atoms with Crippen LogP contribution in [0.5, 0.6) is 11.5 Å². The molecule has 1 amide bonds. The monoisotopic (exact) mass is 431 g/mol. The summed E-state index contributed by atoms with van der Waals surface area (Å²) in [5.41, 5.74) is 2.59. The summed E-state index contributed by atoms with van der Waals surface area (Å²) >= 11 is 0. The predicted octanol–water partition coefficient (Wildman–Crippen LogP) is 2.43. The highest BCUT2D eigenvalue weighted by Gasteiger charge is 2.08. The van der Waals surface area contributed by atoms with E-state index in [1.54, 1.807) is 25.3 Å². The molecule has 0 aliphatic carbocycles. The first kappa shape index (κ1) is 23.3. The van der Waals surface area contributed by atoms with E-state index in [0.29, 0.717) is 30.9 Å². The van der Waals surface area contributed by atoms with Gasteiger partial charge in [-0.25, -0.2) is 0 Å². The number of nitrogens with one attached hydrogen (secondary N) is 1. The molecule has 160 valence electrons. The number of methoxy groups -OCH3 is 1. The zero-order chi connectivity index (χ0) is 22.0. The summed E-state index contributed by atoms with van der Waals surface area (Å²) in [6.45, 7) is 0.527. The van der Waals surface area contributed by atoms with Gasteiger partial charge in [0.05, 0.1) is 20.0 Å². The number of ether oxygens (including phenoxy) is 2. The van der Waals surface area contributed by atoms with Crippen molar-refractivity contribution in [3.8, 4) is 23.8 Å². The molecule has 7 nitrogen and oxygen atoms in total. The molecule has 0 saturated heterocycles. The molecule has 0 heterocycles. The number of carbonyl (C=O) groups is 1. The molecule has 0 aliphatic rings. The van der Waals surface area contributed by atoms with Crippen molar-refractivity contribution >= 4 is 16.0 Å². The highest BCUT2D eigenvalue weighted by atomic mass is 32.2. The van der Waals surface area contributed by atoms with Gasteiger partial charge in [-0.15, -0.1) is 6.42 Å². The van der Waals surface area contributed by atoms with Crippen molar-refractivity contribution in [1.82, 2.24) is 5.32 Å². The zero-order valence-corrected chi connectivity index (χ0v) is 17.8. The largest absolute Gasteiger partial charge is 0.493 e. The molecule has 2 rings (SSSR count). The van der Waals surface area contributed by atoms with Crippen molar-refractivity contribution in [2.75, 3.05) is 20.0 Å². The number of hydrogen-bond donors (Lipinski definition) is 1. The van der Waals surface area contributed by atoms with Gasteiger partial charge in [-0.05, 0) is 35.2 Å². The Hall–Kier alpha value is -3.02. The minimum Gasteiger partial charge on any atom is -0.493 e. The molecular formula is C22H25NO6S. The van der Waals surface area contributed by atoms with Crippen LogP contribution in [0.1, 0.15) is 23.1 Å². The summed E-state index contributed by atoms with van der Waals surface area (Å²) in [5.74, 6) is 3.46. The fourth-order valence-electron chi connectivity index (χ4n) is 2.58. The fraction of sp³-hybridized carbons (Fsp3) is 0.318. The van der Waals surface area contributed by atoms with Gasteiger partial charge in [0.25, 0.3) is 10.1 Å². The Morgan fingerprint density at radius 2 is 1.73 bits per heavy atom. The molecule has 0 aliphatic heterocycles. The Morgan fingerprint density at radius 1 is 1.07 bits per heavy atom. The van der Waals surface area contributed by atoms with Crippen molar-refractivity contribution in [3.05, 3.63) is 59.2 Å². The summed E-state index contributed by atoms with van der Waals surface area (Å²) in [7, 11) is -1.93. The van der Waals surface area contributed by atoms with E-state index in [-0.39, 0.29) is 19.1 Å². The first-order valence-corrected chi connectivity index (χ1v) is 11.0. The first-order chi connectivity index (χ1) is 14.3. The molecule has 0 fully saturated rings. The molecule has 30 heavy (non-hydrogen) atoms. The lowest BCUT2D eigenvalue weighted by Gasteiger charge is -2.11. The molecular weight excluding hydrogens is 406 g/mol. The molecule has 0 radical (unpaired) electrons. The van der Waals surface area contributed by atoms with Gasteiger partial charge >= 0.3 is 0 Å².